The van der Waals surface area contributed by atoms with Crippen LogP contribution in [0.4, 0.5) is 0 Å². The van der Waals surface area contributed by atoms with Crippen LogP contribution < -0.4 is 0 Å². The summed E-state index contributed by atoms with van der Waals surface area (Å²) in [6.45, 7) is 1.99. The molecule has 0 spiro atoms. The number of aromatic amines is 1. The maximum Gasteiger partial charge on any atom is 0.116 e. The number of benzene rings is 1. The van der Waals surface area contributed by atoms with E-state index in [9.17, 15) is 5.11 Å². The number of phenolic OH excluding ortho intramolecular Hbond substituents is 1. The number of fused-ring (bicyclic) bond motifs is 1. The third-order valence-electron chi connectivity index (χ3n) is 1.89. The van der Waals surface area contributed by atoms with Crippen LogP contribution in [-0.2, 0) is 0 Å². The zero-order valence-electron chi connectivity index (χ0n) is 6.56. The summed E-state index contributed by atoms with van der Waals surface area (Å²) in [7, 11) is 0. The number of H-pyrrole nitrogens is 1. The van der Waals surface area contributed by atoms with Gasteiger partial charge in [-0.25, -0.2) is 0 Å². The van der Waals surface area contributed by atoms with E-state index in [4.69, 9.17) is 0 Å². The fourth-order valence-corrected chi connectivity index (χ4v) is 1.71. The smallest absolute Gasteiger partial charge is 0.116 e. The number of hydrogen-bond acceptors (Lipinski definition) is 1. The van der Waals surface area contributed by atoms with E-state index in [-0.39, 0.29) is 0 Å². The Labute approximate surface area is 78.3 Å². The SMILES string of the molecule is Cc1[nH]c2ccc(O)cc2c1Br. The Morgan fingerprint density at radius 2 is 2.17 bits per heavy atom. The summed E-state index contributed by atoms with van der Waals surface area (Å²) in [6.07, 6.45) is 0. The molecule has 0 unspecified atom stereocenters. The Morgan fingerprint density at radius 1 is 1.42 bits per heavy atom. The monoisotopic (exact) mass is 225 g/mol. The Balaban J connectivity index is 2.88. The average Bonchev–Trinajstić information content (AvgIpc) is 2.31. The molecule has 0 aliphatic rings. The van der Waals surface area contributed by atoms with Crippen molar-refractivity contribution in [3.63, 3.8) is 0 Å². The summed E-state index contributed by atoms with van der Waals surface area (Å²) >= 11 is 3.44. The molecule has 0 atom stereocenters. The summed E-state index contributed by atoms with van der Waals surface area (Å²) < 4.78 is 1.02. The molecule has 0 amide bonds. The van der Waals surface area contributed by atoms with E-state index in [0.717, 1.165) is 21.1 Å². The van der Waals surface area contributed by atoms with Crippen LogP contribution in [0, 0.1) is 6.92 Å². The van der Waals surface area contributed by atoms with Crippen molar-refractivity contribution in [1.29, 1.82) is 0 Å². The maximum absolute atomic E-state index is 9.23. The first kappa shape index (κ1) is 7.68. The van der Waals surface area contributed by atoms with Crippen LogP contribution in [0.1, 0.15) is 5.69 Å². The lowest BCUT2D eigenvalue weighted by Gasteiger charge is -1.91. The van der Waals surface area contributed by atoms with Crippen LogP contribution in [0.2, 0.25) is 0 Å². The van der Waals surface area contributed by atoms with Crippen molar-refractivity contribution in [2.45, 2.75) is 6.92 Å². The highest BCUT2D eigenvalue weighted by Gasteiger charge is 2.04. The van der Waals surface area contributed by atoms with E-state index in [1.807, 2.05) is 13.0 Å². The first-order valence-corrected chi connectivity index (χ1v) is 4.44. The van der Waals surface area contributed by atoms with Gasteiger partial charge in [0.1, 0.15) is 5.75 Å². The standard InChI is InChI=1S/C9H8BrNO/c1-5-9(10)7-4-6(12)2-3-8(7)11-5/h2-4,11-12H,1H3. The van der Waals surface area contributed by atoms with Gasteiger partial charge in [0.15, 0.2) is 0 Å². The van der Waals surface area contributed by atoms with E-state index in [1.165, 1.54) is 0 Å². The largest absolute Gasteiger partial charge is 0.508 e. The van der Waals surface area contributed by atoms with Gasteiger partial charge >= 0.3 is 0 Å². The van der Waals surface area contributed by atoms with Gasteiger partial charge in [-0.1, -0.05) is 0 Å². The molecule has 3 heteroatoms. The highest BCUT2D eigenvalue weighted by atomic mass is 79.9. The molecule has 12 heavy (non-hydrogen) atoms. The van der Waals surface area contributed by atoms with Crippen LogP contribution >= 0.6 is 15.9 Å². The highest BCUT2D eigenvalue weighted by molar-refractivity contribution is 9.10. The van der Waals surface area contributed by atoms with Crippen molar-refractivity contribution in [3.8, 4) is 5.75 Å². The molecular formula is C9H8BrNO. The molecule has 1 aromatic heterocycles. The second-order valence-corrected chi connectivity index (χ2v) is 3.59. The number of hydrogen-bond donors (Lipinski definition) is 2. The number of rotatable bonds is 0. The van der Waals surface area contributed by atoms with Gasteiger partial charge in [0.2, 0.25) is 0 Å². The molecule has 0 fully saturated rings. The summed E-state index contributed by atoms with van der Waals surface area (Å²) in [5, 5.41) is 10.3. The summed E-state index contributed by atoms with van der Waals surface area (Å²) in [6, 6.07) is 5.27. The lowest BCUT2D eigenvalue weighted by molar-refractivity contribution is 0.476. The number of aryl methyl sites for hydroxylation is 1. The average molecular weight is 226 g/mol. The van der Waals surface area contributed by atoms with E-state index in [1.54, 1.807) is 12.1 Å². The third-order valence-corrected chi connectivity index (χ3v) is 2.91. The molecule has 0 radical (unpaired) electrons. The van der Waals surface area contributed by atoms with Crippen molar-refractivity contribution in [1.82, 2.24) is 4.98 Å². The van der Waals surface area contributed by atoms with E-state index >= 15 is 0 Å². The van der Waals surface area contributed by atoms with Gasteiger partial charge in [0, 0.05) is 21.1 Å². The van der Waals surface area contributed by atoms with Crippen LogP contribution in [0.3, 0.4) is 0 Å². The van der Waals surface area contributed by atoms with Gasteiger partial charge in [-0.15, -0.1) is 0 Å². The predicted octanol–water partition coefficient (Wildman–Crippen LogP) is 2.94. The topological polar surface area (TPSA) is 36.0 Å². The molecule has 0 saturated carbocycles. The molecule has 62 valence electrons. The Morgan fingerprint density at radius 3 is 2.92 bits per heavy atom. The van der Waals surface area contributed by atoms with Crippen molar-refractivity contribution < 1.29 is 5.11 Å². The summed E-state index contributed by atoms with van der Waals surface area (Å²) in [4.78, 5) is 3.20. The third kappa shape index (κ3) is 1.01. The number of halogens is 1. The lowest BCUT2D eigenvalue weighted by atomic mass is 10.2. The first-order valence-electron chi connectivity index (χ1n) is 3.65. The zero-order chi connectivity index (χ0) is 8.72. The Bertz CT molecular complexity index is 433. The van der Waals surface area contributed by atoms with Gasteiger partial charge < -0.3 is 10.1 Å². The molecule has 1 heterocycles. The molecule has 2 nitrogen and oxygen atoms in total. The molecule has 2 aromatic rings. The minimum Gasteiger partial charge on any atom is -0.508 e. The first-order chi connectivity index (χ1) is 5.68. The number of aromatic hydroxyl groups is 1. The van der Waals surface area contributed by atoms with E-state index in [2.05, 4.69) is 20.9 Å². The van der Waals surface area contributed by atoms with Crippen LogP contribution in [0.15, 0.2) is 22.7 Å². The quantitative estimate of drug-likeness (QED) is 0.711. The normalized spacial score (nSPS) is 10.8. The Hall–Kier alpha value is -0.960. The molecule has 2 rings (SSSR count). The fraction of sp³-hybridized carbons (Fsp3) is 0.111. The van der Waals surface area contributed by atoms with Crippen LogP contribution in [-0.4, -0.2) is 10.1 Å². The van der Waals surface area contributed by atoms with Crippen molar-refractivity contribution in [2.24, 2.45) is 0 Å². The van der Waals surface area contributed by atoms with Gasteiger partial charge in [0.05, 0.1) is 0 Å². The molecule has 0 bridgehead atoms. The summed E-state index contributed by atoms with van der Waals surface area (Å²) in [5.41, 5.74) is 2.12. The van der Waals surface area contributed by atoms with Crippen molar-refractivity contribution >= 4 is 26.8 Å². The van der Waals surface area contributed by atoms with Gasteiger partial charge in [-0.05, 0) is 41.1 Å². The van der Waals surface area contributed by atoms with Gasteiger partial charge in [0.25, 0.3) is 0 Å². The molecule has 0 saturated heterocycles. The molecule has 2 N–H and O–H groups in total. The van der Waals surface area contributed by atoms with E-state index < -0.39 is 0 Å². The van der Waals surface area contributed by atoms with Crippen LogP contribution in [0.5, 0.6) is 5.75 Å². The molecule has 0 aliphatic carbocycles. The van der Waals surface area contributed by atoms with E-state index in [0.29, 0.717) is 5.75 Å². The molecule has 0 aliphatic heterocycles. The zero-order valence-corrected chi connectivity index (χ0v) is 8.14. The Kier molecular flexibility index (Phi) is 1.61. The van der Waals surface area contributed by atoms with Crippen LogP contribution in [0.25, 0.3) is 10.9 Å². The number of aromatic nitrogens is 1. The minimum atomic E-state index is 0.294. The molecular weight excluding hydrogens is 218 g/mol. The maximum atomic E-state index is 9.23. The fourth-order valence-electron chi connectivity index (χ4n) is 1.28. The minimum absolute atomic E-state index is 0.294. The lowest BCUT2D eigenvalue weighted by Crippen LogP contribution is -1.67. The van der Waals surface area contributed by atoms with Crippen molar-refractivity contribution in [2.75, 3.05) is 0 Å². The molecule has 1 aromatic carbocycles. The number of phenols is 1. The predicted molar refractivity (Wildman–Crippen MR) is 52.4 cm³/mol. The van der Waals surface area contributed by atoms with Crippen molar-refractivity contribution in [3.05, 3.63) is 28.4 Å². The highest BCUT2D eigenvalue weighted by Crippen LogP contribution is 2.29. The number of nitrogens with one attached hydrogen (secondary N) is 1. The van der Waals surface area contributed by atoms with Gasteiger partial charge in [-0.3, -0.25) is 0 Å². The second kappa shape index (κ2) is 2.52. The second-order valence-electron chi connectivity index (χ2n) is 2.79. The van der Waals surface area contributed by atoms with Gasteiger partial charge in [-0.2, -0.15) is 0 Å². The summed E-state index contributed by atoms with van der Waals surface area (Å²) in [5.74, 6) is 0.294.